The predicted octanol–water partition coefficient (Wildman–Crippen LogP) is 1.63. The standard InChI is InChI=1S/C11H19N3O2/c1-4-5-12-11-13-8-9(2)10(14-11)16-7-6-15-3/h8H,4-7H2,1-3H3,(H,12,13,14). The summed E-state index contributed by atoms with van der Waals surface area (Å²) in [6, 6.07) is 0. The molecule has 0 aromatic carbocycles. The van der Waals surface area contributed by atoms with E-state index in [1.807, 2.05) is 6.92 Å². The average Bonchev–Trinajstić information content (AvgIpc) is 2.30. The van der Waals surface area contributed by atoms with Crippen molar-refractivity contribution in [3.63, 3.8) is 0 Å². The summed E-state index contributed by atoms with van der Waals surface area (Å²) in [5, 5.41) is 3.12. The number of ether oxygens (including phenoxy) is 2. The van der Waals surface area contributed by atoms with Crippen molar-refractivity contribution in [2.45, 2.75) is 20.3 Å². The van der Waals surface area contributed by atoms with Gasteiger partial charge in [-0.2, -0.15) is 4.98 Å². The number of rotatable bonds is 7. The minimum atomic E-state index is 0.502. The number of aromatic nitrogens is 2. The Bertz CT molecular complexity index is 318. The van der Waals surface area contributed by atoms with Crippen molar-refractivity contribution in [3.8, 4) is 5.88 Å². The summed E-state index contributed by atoms with van der Waals surface area (Å²) in [6.07, 6.45) is 2.80. The van der Waals surface area contributed by atoms with Crippen LogP contribution in [-0.2, 0) is 4.74 Å². The van der Waals surface area contributed by atoms with Gasteiger partial charge in [0, 0.05) is 25.4 Å². The lowest BCUT2D eigenvalue weighted by Gasteiger charge is -2.09. The van der Waals surface area contributed by atoms with E-state index in [-0.39, 0.29) is 0 Å². The van der Waals surface area contributed by atoms with Gasteiger partial charge in [0.2, 0.25) is 11.8 Å². The number of hydrogen-bond donors (Lipinski definition) is 1. The maximum atomic E-state index is 5.48. The van der Waals surface area contributed by atoms with E-state index in [1.165, 1.54) is 0 Å². The van der Waals surface area contributed by atoms with E-state index in [0.717, 1.165) is 18.5 Å². The Hall–Kier alpha value is -1.36. The fourth-order valence-corrected chi connectivity index (χ4v) is 1.12. The van der Waals surface area contributed by atoms with E-state index in [9.17, 15) is 0 Å². The lowest BCUT2D eigenvalue weighted by Crippen LogP contribution is -2.09. The molecule has 0 saturated carbocycles. The van der Waals surface area contributed by atoms with Crippen molar-refractivity contribution in [1.82, 2.24) is 9.97 Å². The molecule has 0 unspecified atom stereocenters. The molecule has 0 aliphatic rings. The Morgan fingerprint density at radius 2 is 2.19 bits per heavy atom. The molecule has 5 heteroatoms. The van der Waals surface area contributed by atoms with Crippen LogP contribution in [0, 0.1) is 6.92 Å². The van der Waals surface area contributed by atoms with E-state index in [4.69, 9.17) is 9.47 Å². The number of methoxy groups -OCH3 is 1. The number of hydrogen-bond acceptors (Lipinski definition) is 5. The van der Waals surface area contributed by atoms with Gasteiger partial charge in [-0.05, 0) is 13.3 Å². The predicted molar refractivity (Wildman–Crippen MR) is 62.9 cm³/mol. The fourth-order valence-electron chi connectivity index (χ4n) is 1.12. The summed E-state index contributed by atoms with van der Waals surface area (Å²) in [7, 11) is 1.64. The molecule has 0 radical (unpaired) electrons. The largest absolute Gasteiger partial charge is 0.475 e. The monoisotopic (exact) mass is 225 g/mol. The highest BCUT2D eigenvalue weighted by Crippen LogP contribution is 2.14. The molecule has 5 nitrogen and oxygen atoms in total. The van der Waals surface area contributed by atoms with Crippen molar-refractivity contribution in [1.29, 1.82) is 0 Å². The number of anilines is 1. The van der Waals surface area contributed by atoms with Crippen molar-refractivity contribution in [2.24, 2.45) is 0 Å². The Balaban J connectivity index is 2.59. The van der Waals surface area contributed by atoms with Crippen molar-refractivity contribution < 1.29 is 9.47 Å². The van der Waals surface area contributed by atoms with Gasteiger partial charge in [-0.15, -0.1) is 0 Å². The van der Waals surface area contributed by atoms with Crippen LogP contribution in [0.25, 0.3) is 0 Å². The van der Waals surface area contributed by atoms with Crippen LogP contribution >= 0.6 is 0 Å². The summed E-state index contributed by atoms with van der Waals surface area (Å²) in [6.45, 7) is 5.94. The first kappa shape index (κ1) is 12.7. The third-order valence-electron chi connectivity index (χ3n) is 1.98. The van der Waals surface area contributed by atoms with Gasteiger partial charge >= 0.3 is 0 Å². The molecule has 0 atom stereocenters. The molecule has 1 rings (SSSR count). The van der Waals surface area contributed by atoms with Gasteiger partial charge in [-0.25, -0.2) is 4.98 Å². The van der Waals surface area contributed by atoms with Crippen LogP contribution in [0.4, 0.5) is 5.95 Å². The molecule has 1 N–H and O–H groups in total. The minimum Gasteiger partial charge on any atom is -0.475 e. The zero-order valence-electron chi connectivity index (χ0n) is 10.1. The molecule has 0 aliphatic carbocycles. The normalized spacial score (nSPS) is 10.2. The fraction of sp³-hybridized carbons (Fsp3) is 0.636. The Labute approximate surface area is 96.2 Å². The zero-order chi connectivity index (χ0) is 11.8. The van der Waals surface area contributed by atoms with Crippen LogP contribution in [0.5, 0.6) is 5.88 Å². The van der Waals surface area contributed by atoms with E-state index >= 15 is 0 Å². The minimum absolute atomic E-state index is 0.502. The molecular weight excluding hydrogens is 206 g/mol. The molecule has 0 bridgehead atoms. The highest BCUT2D eigenvalue weighted by Gasteiger charge is 2.04. The van der Waals surface area contributed by atoms with E-state index in [1.54, 1.807) is 13.3 Å². The first-order chi connectivity index (χ1) is 7.77. The van der Waals surface area contributed by atoms with E-state index in [0.29, 0.717) is 25.0 Å². The first-order valence-electron chi connectivity index (χ1n) is 5.47. The van der Waals surface area contributed by atoms with Gasteiger partial charge in [0.15, 0.2) is 0 Å². The molecule has 16 heavy (non-hydrogen) atoms. The lowest BCUT2D eigenvalue weighted by atomic mass is 10.4. The molecule has 0 fully saturated rings. The molecule has 0 saturated heterocycles. The van der Waals surface area contributed by atoms with Crippen molar-refractivity contribution in [3.05, 3.63) is 11.8 Å². The second kappa shape index (κ2) is 7.00. The topological polar surface area (TPSA) is 56.3 Å². The van der Waals surface area contributed by atoms with E-state index < -0.39 is 0 Å². The van der Waals surface area contributed by atoms with Crippen LogP contribution in [0.2, 0.25) is 0 Å². The first-order valence-corrected chi connectivity index (χ1v) is 5.47. The molecule has 1 heterocycles. The molecule has 90 valence electrons. The molecule has 0 aliphatic heterocycles. The Morgan fingerprint density at radius 3 is 2.88 bits per heavy atom. The quantitative estimate of drug-likeness (QED) is 0.715. The van der Waals surface area contributed by atoms with Crippen LogP contribution in [0.1, 0.15) is 18.9 Å². The molecule has 1 aromatic heterocycles. The van der Waals surface area contributed by atoms with Gasteiger partial charge in [0.1, 0.15) is 6.61 Å². The molecule has 0 amide bonds. The highest BCUT2D eigenvalue weighted by molar-refractivity contribution is 5.32. The van der Waals surface area contributed by atoms with Crippen molar-refractivity contribution >= 4 is 5.95 Å². The summed E-state index contributed by atoms with van der Waals surface area (Å²) in [5.41, 5.74) is 0.929. The zero-order valence-corrected chi connectivity index (χ0v) is 10.1. The summed E-state index contributed by atoms with van der Waals surface area (Å²) < 4.78 is 10.4. The molecule has 1 aromatic rings. The van der Waals surface area contributed by atoms with Gasteiger partial charge in [0.05, 0.1) is 6.61 Å². The number of nitrogens with zero attached hydrogens (tertiary/aromatic N) is 2. The van der Waals surface area contributed by atoms with Crippen molar-refractivity contribution in [2.75, 3.05) is 32.2 Å². The average molecular weight is 225 g/mol. The Morgan fingerprint density at radius 1 is 1.38 bits per heavy atom. The highest BCUT2D eigenvalue weighted by atomic mass is 16.5. The van der Waals surface area contributed by atoms with Gasteiger partial charge in [-0.1, -0.05) is 6.92 Å². The van der Waals surface area contributed by atoms with Crippen LogP contribution < -0.4 is 10.1 Å². The smallest absolute Gasteiger partial charge is 0.225 e. The summed E-state index contributed by atoms with van der Waals surface area (Å²) >= 11 is 0. The van der Waals surface area contributed by atoms with Crippen LogP contribution in [0.3, 0.4) is 0 Å². The summed E-state index contributed by atoms with van der Waals surface area (Å²) in [4.78, 5) is 8.45. The third kappa shape index (κ3) is 4.02. The second-order valence-corrected chi connectivity index (χ2v) is 3.45. The Kier molecular flexibility index (Phi) is 5.56. The number of nitrogens with one attached hydrogen (secondary N) is 1. The number of aryl methyl sites for hydroxylation is 1. The van der Waals surface area contributed by atoms with Crippen LogP contribution in [-0.4, -0.2) is 36.8 Å². The maximum absolute atomic E-state index is 5.48. The van der Waals surface area contributed by atoms with Gasteiger partial charge in [-0.3, -0.25) is 0 Å². The van der Waals surface area contributed by atoms with Gasteiger partial charge in [0.25, 0.3) is 0 Å². The van der Waals surface area contributed by atoms with Crippen LogP contribution in [0.15, 0.2) is 6.20 Å². The summed E-state index contributed by atoms with van der Waals surface area (Å²) in [5.74, 6) is 1.23. The SMILES string of the molecule is CCCNc1ncc(C)c(OCCOC)n1. The lowest BCUT2D eigenvalue weighted by molar-refractivity contribution is 0.143. The molecule has 0 spiro atoms. The third-order valence-corrected chi connectivity index (χ3v) is 1.98. The van der Waals surface area contributed by atoms with Gasteiger partial charge < -0.3 is 14.8 Å². The maximum Gasteiger partial charge on any atom is 0.225 e. The second-order valence-electron chi connectivity index (χ2n) is 3.45. The molecular formula is C11H19N3O2. The van der Waals surface area contributed by atoms with E-state index in [2.05, 4.69) is 22.2 Å².